The normalized spacial score (nSPS) is 7.56. The molecule has 0 bridgehead atoms. The minimum atomic E-state index is 0.102. The van der Waals surface area contributed by atoms with Gasteiger partial charge in [0.1, 0.15) is 0 Å². The zero-order valence-corrected chi connectivity index (χ0v) is 8.26. The number of halogens is 3. The Kier molecular flexibility index (Phi) is 15.9. The van der Waals surface area contributed by atoms with Crippen molar-refractivity contribution in [2.24, 2.45) is 0 Å². The second-order valence-electron chi connectivity index (χ2n) is 1.21. The van der Waals surface area contributed by atoms with E-state index in [9.17, 15) is 4.79 Å². The van der Waals surface area contributed by atoms with Crippen molar-refractivity contribution >= 4 is 43.8 Å². The van der Waals surface area contributed by atoms with Gasteiger partial charge in [-0.1, -0.05) is 6.92 Å². The zero-order chi connectivity index (χ0) is 7.70. The van der Waals surface area contributed by atoms with E-state index in [4.69, 9.17) is 23.2 Å². The third kappa shape index (κ3) is 28.4. The van der Waals surface area contributed by atoms with Gasteiger partial charge in [-0.05, 0) is 22.4 Å². The van der Waals surface area contributed by atoms with Gasteiger partial charge in [-0.3, -0.25) is 4.79 Å². The lowest BCUT2D eigenvalue weighted by atomic mass is 10.4. The third-order valence-corrected chi connectivity index (χ3v) is 0.843. The van der Waals surface area contributed by atoms with Crippen molar-refractivity contribution in [3.8, 4) is 0 Å². The Morgan fingerprint density at radius 3 is 1.89 bits per heavy atom. The largest absolute Gasteiger partial charge is 0.287 e. The van der Waals surface area contributed by atoms with Crippen LogP contribution in [0.2, 0.25) is 0 Å². The summed E-state index contributed by atoms with van der Waals surface area (Å²) in [5.41, 5.74) is 0. The van der Waals surface area contributed by atoms with Crippen LogP contribution in [0.15, 0.2) is 0 Å². The maximum atomic E-state index is 9.96. The molecule has 56 valence electrons. The van der Waals surface area contributed by atoms with E-state index in [2.05, 4.69) is 15.9 Å². The fourth-order valence-electron chi connectivity index (χ4n) is 0.197. The van der Waals surface area contributed by atoms with Crippen LogP contribution in [0, 0.1) is 0 Å². The lowest BCUT2D eigenvalue weighted by molar-refractivity contribution is -0.110. The highest BCUT2D eigenvalue weighted by molar-refractivity contribution is 9.18. The van der Waals surface area contributed by atoms with Crippen molar-refractivity contribution in [3.63, 3.8) is 0 Å². The van der Waals surface area contributed by atoms with Gasteiger partial charge in [0.2, 0.25) is 0 Å². The van der Waals surface area contributed by atoms with Gasteiger partial charge in [-0.25, -0.2) is 0 Å². The molecule has 0 aromatic carbocycles. The summed E-state index contributed by atoms with van der Waals surface area (Å²) < 4.78 is 0.102. The predicted octanol–water partition coefficient (Wildman–Crippen LogP) is 3.13. The standard InChI is InChI=1S/C4H7BrO.CH2Cl2/c1-2-3-4(5)6;2-1-3/h2-3H2,1H3;1H2. The molecule has 0 rings (SSSR count). The first-order valence-corrected chi connectivity index (χ1v) is 4.35. The fourth-order valence-corrected chi connectivity index (χ4v) is 0.593. The van der Waals surface area contributed by atoms with Crippen molar-refractivity contribution in [3.05, 3.63) is 0 Å². The van der Waals surface area contributed by atoms with E-state index >= 15 is 0 Å². The molecule has 0 aromatic heterocycles. The molecule has 0 amide bonds. The van der Waals surface area contributed by atoms with Crippen LogP contribution in [0.5, 0.6) is 0 Å². The first-order chi connectivity index (χ1) is 4.18. The third-order valence-electron chi connectivity index (χ3n) is 0.447. The number of carbonyl (C=O) groups is 1. The average molecular weight is 236 g/mol. The molecule has 0 fully saturated rings. The highest BCUT2D eigenvalue weighted by Crippen LogP contribution is 1.93. The van der Waals surface area contributed by atoms with Gasteiger partial charge in [-0.15, -0.1) is 23.2 Å². The van der Waals surface area contributed by atoms with Crippen molar-refractivity contribution in [1.82, 2.24) is 0 Å². The van der Waals surface area contributed by atoms with Crippen LogP contribution in [0.25, 0.3) is 0 Å². The lowest BCUT2D eigenvalue weighted by Crippen LogP contribution is -1.78. The molecule has 0 N–H and O–H groups in total. The number of carbonyl (C=O) groups excluding carboxylic acids is 1. The molecule has 9 heavy (non-hydrogen) atoms. The topological polar surface area (TPSA) is 17.1 Å². The molecule has 0 aromatic rings. The van der Waals surface area contributed by atoms with E-state index in [1.807, 2.05) is 6.92 Å². The Labute approximate surface area is 73.8 Å². The molecule has 0 unspecified atom stereocenters. The lowest BCUT2D eigenvalue weighted by Gasteiger charge is -1.78. The Morgan fingerprint density at radius 1 is 1.56 bits per heavy atom. The molecular formula is C5H9BrCl2O. The Hall–Kier alpha value is 0.730. The van der Waals surface area contributed by atoms with Crippen molar-refractivity contribution < 1.29 is 4.79 Å². The molecule has 0 aliphatic rings. The first kappa shape index (κ1) is 12.4. The quantitative estimate of drug-likeness (QED) is 0.531. The van der Waals surface area contributed by atoms with E-state index in [0.717, 1.165) is 6.42 Å². The highest BCUT2D eigenvalue weighted by Gasteiger charge is 1.86. The van der Waals surface area contributed by atoms with Gasteiger partial charge in [-0.2, -0.15) is 0 Å². The maximum Gasteiger partial charge on any atom is 0.197 e. The van der Waals surface area contributed by atoms with Gasteiger partial charge in [0.05, 0.1) is 5.34 Å². The summed E-state index contributed by atoms with van der Waals surface area (Å²) in [6, 6.07) is 0. The van der Waals surface area contributed by atoms with Crippen molar-refractivity contribution in [2.45, 2.75) is 19.8 Å². The first-order valence-electron chi connectivity index (χ1n) is 2.49. The van der Waals surface area contributed by atoms with Crippen LogP contribution >= 0.6 is 39.1 Å². The molecule has 0 aliphatic carbocycles. The predicted molar refractivity (Wildman–Crippen MR) is 45.4 cm³/mol. The van der Waals surface area contributed by atoms with Crippen molar-refractivity contribution in [2.75, 3.05) is 5.34 Å². The van der Waals surface area contributed by atoms with Gasteiger partial charge >= 0.3 is 0 Å². The summed E-state index contributed by atoms with van der Waals surface area (Å²) in [4.78, 5) is 9.96. The van der Waals surface area contributed by atoms with E-state index in [-0.39, 0.29) is 10.0 Å². The number of hydrogen-bond donors (Lipinski definition) is 0. The smallest absolute Gasteiger partial charge is 0.197 e. The van der Waals surface area contributed by atoms with Crippen LogP contribution in [-0.4, -0.2) is 10.0 Å². The van der Waals surface area contributed by atoms with Crippen LogP contribution in [0.4, 0.5) is 0 Å². The SMILES string of the molecule is CCCC(=O)Br.ClCCl. The molecule has 4 heteroatoms. The fraction of sp³-hybridized carbons (Fsp3) is 0.800. The van der Waals surface area contributed by atoms with Crippen LogP contribution in [-0.2, 0) is 4.79 Å². The molecule has 0 saturated carbocycles. The minimum Gasteiger partial charge on any atom is -0.287 e. The minimum absolute atomic E-state index is 0.102. The van der Waals surface area contributed by atoms with Gasteiger partial charge < -0.3 is 0 Å². The summed E-state index contributed by atoms with van der Waals surface area (Å²) in [5, 5.41) is 0.194. The van der Waals surface area contributed by atoms with Gasteiger partial charge in [0.25, 0.3) is 0 Å². The summed E-state index contributed by atoms with van der Waals surface area (Å²) >= 11 is 12.3. The maximum absolute atomic E-state index is 9.96. The van der Waals surface area contributed by atoms with E-state index in [0.29, 0.717) is 6.42 Å². The summed E-state index contributed by atoms with van der Waals surface area (Å²) in [5.74, 6) is 0. The Morgan fingerprint density at radius 2 is 1.89 bits per heavy atom. The molecule has 0 radical (unpaired) electrons. The Bertz CT molecular complexity index is 68.0. The number of alkyl halides is 2. The van der Waals surface area contributed by atoms with Crippen LogP contribution in [0.3, 0.4) is 0 Å². The second kappa shape index (κ2) is 11.5. The van der Waals surface area contributed by atoms with Gasteiger partial charge in [0.15, 0.2) is 4.69 Å². The Balaban J connectivity index is 0. The van der Waals surface area contributed by atoms with Crippen molar-refractivity contribution in [1.29, 1.82) is 0 Å². The van der Waals surface area contributed by atoms with E-state index in [1.54, 1.807) is 0 Å². The van der Waals surface area contributed by atoms with Crippen LogP contribution in [0.1, 0.15) is 19.8 Å². The molecule has 1 nitrogen and oxygen atoms in total. The van der Waals surface area contributed by atoms with Crippen LogP contribution < -0.4 is 0 Å². The van der Waals surface area contributed by atoms with Gasteiger partial charge in [0, 0.05) is 6.42 Å². The summed E-state index contributed by atoms with van der Waals surface area (Å²) in [7, 11) is 0. The molecule has 0 aliphatic heterocycles. The molecule has 0 heterocycles. The number of rotatable bonds is 2. The summed E-state index contributed by atoms with van der Waals surface area (Å²) in [6.07, 6.45) is 1.59. The molecule has 0 saturated heterocycles. The molecule has 0 atom stereocenters. The number of hydrogen-bond acceptors (Lipinski definition) is 1. The average Bonchev–Trinajstić information content (AvgIpc) is 1.67. The summed E-state index contributed by atoms with van der Waals surface area (Å²) in [6.45, 7) is 1.97. The van der Waals surface area contributed by atoms with E-state index in [1.165, 1.54) is 0 Å². The second-order valence-corrected chi connectivity index (χ2v) is 2.90. The van der Waals surface area contributed by atoms with E-state index < -0.39 is 0 Å². The monoisotopic (exact) mass is 234 g/mol. The highest BCUT2D eigenvalue weighted by atomic mass is 79.9. The molecule has 0 spiro atoms. The zero-order valence-electron chi connectivity index (χ0n) is 5.16. The molecular weight excluding hydrogens is 227 g/mol.